The fourth-order valence-electron chi connectivity index (χ4n) is 6.34. The smallest absolute Gasteiger partial charge is 0.235 e. The predicted octanol–water partition coefficient (Wildman–Crippen LogP) is 10.2. The van der Waals surface area contributed by atoms with E-state index in [1.54, 1.807) is 0 Å². The fraction of sp³-hybridized carbons (Fsp3) is 0.0270. The molecule has 0 aliphatic carbocycles. The Hall–Kier alpha value is -5.06. The van der Waals surface area contributed by atoms with Crippen LogP contribution in [0.2, 0.25) is 0 Å². The maximum Gasteiger partial charge on any atom is 0.235 e. The molecule has 192 valence electrons. The van der Waals surface area contributed by atoms with Crippen LogP contribution in [0.15, 0.2) is 121 Å². The highest BCUT2D eigenvalue weighted by Crippen LogP contribution is 2.44. The lowest BCUT2D eigenvalue weighted by atomic mass is 10.0. The van der Waals surface area contributed by atoms with Crippen molar-refractivity contribution < 1.29 is 0 Å². The molecule has 3 aromatic heterocycles. The van der Waals surface area contributed by atoms with Gasteiger partial charge in [0.25, 0.3) is 0 Å². The van der Waals surface area contributed by atoms with Crippen molar-refractivity contribution in [3.05, 3.63) is 127 Å². The van der Waals surface area contributed by atoms with E-state index < -0.39 is 0 Å². The van der Waals surface area contributed by atoms with E-state index in [9.17, 15) is 0 Å². The highest BCUT2D eigenvalue weighted by molar-refractivity contribution is 7.26. The molecule has 9 rings (SSSR count). The molecule has 0 amide bonds. The Morgan fingerprint density at radius 2 is 1.29 bits per heavy atom. The lowest BCUT2D eigenvalue weighted by molar-refractivity contribution is 1.02. The molecule has 0 radical (unpaired) electrons. The summed E-state index contributed by atoms with van der Waals surface area (Å²) in [5.74, 6) is 0.691. The monoisotopic (exact) mass is 541 g/mol. The van der Waals surface area contributed by atoms with Crippen LogP contribution in [0.4, 0.5) is 0 Å². The molecule has 3 heterocycles. The first-order valence-electron chi connectivity index (χ1n) is 13.8. The summed E-state index contributed by atoms with van der Waals surface area (Å²) >= 11 is 1.87. The van der Waals surface area contributed by atoms with Crippen molar-refractivity contribution in [3.8, 4) is 17.2 Å². The molecule has 0 unspecified atom stereocenters. The molecule has 0 aliphatic heterocycles. The molecule has 0 saturated carbocycles. The standard InChI is InChI=1S/C37H23N3S/c1-22-14-16-24(17-15-22)34-29-10-2-5-11-30(29)38-37(39-34)40-31-12-6-3-8-25(31)27-20-18-23-19-21-28-26-9-4-7-13-32(26)41-36(28)33(23)35(27)40/h2-21H,1H3. The minimum atomic E-state index is 0.691. The van der Waals surface area contributed by atoms with E-state index in [1.807, 2.05) is 11.3 Å². The average Bonchev–Trinajstić information content (AvgIpc) is 3.57. The molecule has 0 aliphatic rings. The van der Waals surface area contributed by atoms with Gasteiger partial charge in [-0.15, -0.1) is 11.3 Å². The van der Waals surface area contributed by atoms with E-state index in [0.29, 0.717) is 5.95 Å². The van der Waals surface area contributed by atoms with Gasteiger partial charge in [0.1, 0.15) is 0 Å². The second kappa shape index (κ2) is 8.47. The number of aryl methyl sites for hydroxylation is 1. The van der Waals surface area contributed by atoms with Gasteiger partial charge in [0.2, 0.25) is 5.95 Å². The lowest BCUT2D eigenvalue weighted by Crippen LogP contribution is -2.03. The molecule has 6 aromatic carbocycles. The summed E-state index contributed by atoms with van der Waals surface area (Å²) in [7, 11) is 0. The van der Waals surface area contributed by atoms with Crippen LogP contribution in [0.3, 0.4) is 0 Å². The van der Waals surface area contributed by atoms with E-state index in [0.717, 1.165) is 33.2 Å². The summed E-state index contributed by atoms with van der Waals surface area (Å²) in [6.07, 6.45) is 0. The Morgan fingerprint density at radius 3 is 2.15 bits per heavy atom. The Bertz CT molecular complexity index is 2480. The number of hydrogen-bond donors (Lipinski definition) is 0. The minimum absolute atomic E-state index is 0.691. The summed E-state index contributed by atoms with van der Waals surface area (Å²) in [6, 6.07) is 43.4. The third-order valence-electron chi connectivity index (χ3n) is 8.28. The summed E-state index contributed by atoms with van der Waals surface area (Å²) in [4.78, 5) is 10.5. The molecular weight excluding hydrogens is 518 g/mol. The molecule has 9 aromatic rings. The van der Waals surface area contributed by atoms with Crippen molar-refractivity contribution in [2.45, 2.75) is 6.92 Å². The number of aromatic nitrogens is 3. The van der Waals surface area contributed by atoms with Gasteiger partial charge in [-0.2, -0.15) is 0 Å². The zero-order chi connectivity index (χ0) is 27.1. The van der Waals surface area contributed by atoms with Crippen molar-refractivity contribution in [1.82, 2.24) is 14.5 Å². The van der Waals surface area contributed by atoms with Gasteiger partial charge < -0.3 is 0 Å². The zero-order valence-electron chi connectivity index (χ0n) is 22.3. The molecule has 0 N–H and O–H groups in total. The van der Waals surface area contributed by atoms with Gasteiger partial charge in [0.15, 0.2) is 0 Å². The molecule has 4 heteroatoms. The number of para-hydroxylation sites is 2. The van der Waals surface area contributed by atoms with Crippen LogP contribution in [0.25, 0.3) is 80.9 Å². The molecule has 0 saturated heterocycles. The second-order valence-electron chi connectivity index (χ2n) is 10.7. The first-order chi connectivity index (χ1) is 20.2. The van der Waals surface area contributed by atoms with Crippen LogP contribution in [0.5, 0.6) is 0 Å². The third-order valence-corrected chi connectivity index (χ3v) is 9.48. The summed E-state index contributed by atoms with van der Waals surface area (Å²) in [6.45, 7) is 2.12. The maximum absolute atomic E-state index is 5.33. The van der Waals surface area contributed by atoms with Crippen molar-refractivity contribution in [2.75, 3.05) is 0 Å². The van der Waals surface area contributed by atoms with Gasteiger partial charge in [-0.3, -0.25) is 4.57 Å². The molecule has 3 nitrogen and oxygen atoms in total. The second-order valence-corrected chi connectivity index (χ2v) is 11.8. The van der Waals surface area contributed by atoms with Crippen LogP contribution >= 0.6 is 11.3 Å². The van der Waals surface area contributed by atoms with Crippen LogP contribution in [-0.4, -0.2) is 14.5 Å². The topological polar surface area (TPSA) is 30.7 Å². The van der Waals surface area contributed by atoms with Crippen LogP contribution in [0.1, 0.15) is 5.56 Å². The number of nitrogens with zero attached hydrogens (tertiary/aromatic N) is 3. The lowest BCUT2D eigenvalue weighted by Gasteiger charge is -2.13. The first kappa shape index (κ1) is 22.7. The zero-order valence-corrected chi connectivity index (χ0v) is 23.1. The number of benzene rings is 6. The van der Waals surface area contributed by atoms with Gasteiger partial charge in [-0.1, -0.05) is 109 Å². The number of thiophene rings is 1. The number of hydrogen-bond acceptors (Lipinski definition) is 3. The quantitative estimate of drug-likeness (QED) is 0.218. The number of rotatable bonds is 2. The molecule has 0 fully saturated rings. The number of fused-ring (bicyclic) bond motifs is 10. The van der Waals surface area contributed by atoms with E-state index in [2.05, 4.69) is 133 Å². The van der Waals surface area contributed by atoms with Crippen molar-refractivity contribution in [2.24, 2.45) is 0 Å². The van der Waals surface area contributed by atoms with E-state index >= 15 is 0 Å². The molecular formula is C37H23N3S. The summed E-state index contributed by atoms with van der Waals surface area (Å²) in [5, 5.41) is 8.55. The minimum Gasteiger partial charge on any atom is -0.277 e. The van der Waals surface area contributed by atoms with E-state index in [-0.39, 0.29) is 0 Å². The van der Waals surface area contributed by atoms with Gasteiger partial charge >= 0.3 is 0 Å². The first-order valence-corrected chi connectivity index (χ1v) is 14.7. The Kier molecular flexibility index (Phi) is 4.69. The summed E-state index contributed by atoms with van der Waals surface area (Å²) < 4.78 is 4.90. The van der Waals surface area contributed by atoms with E-state index in [4.69, 9.17) is 9.97 Å². The average molecular weight is 542 g/mol. The van der Waals surface area contributed by atoms with Crippen molar-refractivity contribution in [1.29, 1.82) is 0 Å². The van der Waals surface area contributed by atoms with Crippen LogP contribution in [0, 0.1) is 6.92 Å². The van der Waals surface area contributed by atoms with Gasteiger partial charge in [0, 0.05) is 47.3 Å². The van der Waals surface area contributed by atoms with Gasteiger partial charge in [0.05, 0.1) is 22.2 Å². The molecule has 41 heavy (non-hydrogen) atoms. The molecule has 0 atom stereocenters. The fourth-order valence-corrected chi connectivity index (χ4v) is 7.60. The highest BCUT2D eigenvalue weighted by Gasteiger charge is 2.21. The van der Waals surface area contributed by atoms with Crippen LogP contribution in [-0.2, 0) is 0 Å². The van der Waals surface area contributed by atoms with E-state index in [1.165, 1.54) is 47.3 Å². The van der Waals surface area contributed by atoms with Crippen LogP contribution < -0.4 is 0 Å². The molecule has 0 bridgehead atoms. The normalized spacial score (nSPS) is 12.0. The Morgan fingerprint density at radius 1 is 0.585 bits per heavy atom. The Labute approximate surface area is 239 Å². The highest BCUT2D eigenvalue weighted by atomic mass is 32.1. The Balaban J connectivity index is 1.48. The molecule has 0 spiro atoms. The predicted molar refractivity (Wildman–Crippen MR) is 174 cm³/mol. The summed E-state index contributed by atoms with van der Waals surface area (Å²) in [5.41, 5.74) is 6.47. The SMILES string of the molecule is Cc1ccc(-c2nc(-n3c4ccccc4c4ccc5ccc6c7ccccc7sc6c5c43)nc3ccccc23)cc1. The maximum atomic E-state index is 5.33. The van der Waals surface area contributed by atoms with Crippen molar-refractivity contribution >= 4 is 75.0 Å². The van der Waals surface area contributed by atoms with Crippen molar-refractivity contribution in [3.63, 3.8) is 0 Å². The van der Waals surface area contributed by atoms with Gasteiger partial charge in [-0.25, -0.2) is 9.97 Å². The third kappa shape index (κ3) is 3.25. The largest absolute Gasteiger partial charge is 0.277 e. The van der Waals surface area contributed by atoms with Gasteiger partial charge in [-0.05, 0) is 30.5 Å².